The number of carbonyl (C=O) groups excluding carboxylic acids is 2. The molecule has 0 bridgehead atoms. The predicted octanol–water partition coefficient (Wildman–Crippen LogP) is 4.77. The van der Waals surface area contributed by atoms with E-state index in [4.69, 9.17) is 4.74 Å². The summed E-state index contributed by atoms with van der Waals surface area (Å²) >= 11 is 0. The minimum Gasteiger partial charge on any atom is -0.495 e. The first-order chi connectivity index (χ1) is 15.8. The van der Waals surface area contributed by atoms with Crippen molar-refractivity contribution in [3.8, 4) is 5.75 Å². The molecule has 4 rings (SSSR count). The van der Waals surface area contributed by atoms with Gasteiger partial charge in [-0.05, 0) is 61.4 Å². The standard InChI is InChI=1S/C27H27N3O3/c1-17-10-15-21(18(2)16-17)24-25(28-22-8-6-7-9-23(22)33-5)27(32)30(26(24)31)20-13-11-19(12-14-20)29(3)4/h6-16,28H,1-5H3. The van der Waals surface area contributed by atoms with Gasteiger partial charge in [0.25, 0.3) is 11.8 Å². The van der Waals surface area contributed by atoms with E-state index in [0.29, 0.717) is 22.7 Å². The molecule has 2 amide bonds. The van der Waals surface area contributed by atoms with Crippen molar-refractivity contribution in [1.82, 2.24) is 0 Å². The Morgan fingerprint density at radius 1 is 0.879 bits per heavy atom. The zero-order valence-corrected chi connectivity index (χ0v) is 19.5. The van der Waals surface area contributed by atoms with Crippen LogP contribution in [0.1, 0.15) is 16.7 Å². The Labute approximate surface area is 194 Å². The first-order valence-electron chi connectivity index (χ1n) is 10.7. The highest BCUT2D eigenvalue weighted by molar-refractivity contribution is 6.46. The number of hydrogen-bond acceptors (Lipinski definition) is 5. The Balaban J connectivity index is 1.84. The SMILES string of the molecule is COc1ccccc1NC1=C(c2ccc(C)cc2C)C(=O)N(c2ccc(N(C)C)cc2)C1=O. The van der Waals surface area contributed by atoms with Gasteiger partial charge in [0.1, 0.15) is 11.4 Å². The smallest absolute Gasteiger partial charge is 0.282 e. The monoisotopic (exact) mass is 441 g/mol. The molecule has 0 atom stereocenters. The molecule has 33 heavy (non-hydrogen) atoms. The van der Waals surface area contributed by atoms with Crippen LogP contribution >= 0.6 is 0 Å². The van der Waals surface area contributed by atoms with Crippen LogP contribution in [0.5, 0.6) is 5.75 Å². The van der Waals surface area contributed by atoms with Crippen LogP contribution in [0.25, 0.3) is 5.57 Å². The van der Waals surface area contributed by atoms with Crippen LogP contribution < -0.4 is 19.9 Å². The van der Waals surface area contributed by atoms with Gasteiger partial charge < -0.3 is 15.0 Å². The Hall–Kier alpha value is -4.06. The van der Waals surface area contributed by atoms with Gasteiger partial charge in [-0.2, -0.15) is 0 Å². The summed E-state index contributed by atoms with van der Waals surface area (Å²) in [6.45, 7) is 3.95. The van der Waals surface area contributed by atoms with Crippen molar-refractivity contribution in [2.75, 3.05) is 36.3 Å². The summed E-state index contributed by atoms with van der Waals surface area (Å²) in [4.78, 5) is 30.5. The lowest BCUT2D eigenvalue weighted by atomic mass is 9.97. The Kier molecular flexibility index (Phi) is 5.92. The molecular formula is C27H27N3O3. The first-order valence-corrected chi connectivity index (χ1v) is 10.7. The van der Waals surface area contributed by atoms with E-state index in [2.05, 4.69) is 5.32 Å². The zero-order chi connectivity index (χ0) is 23.7. The Bertz CT molecular complexity index is 1260. The molecule has 3 aromatic carbocycles. The predicted molar refractivity (Wildman–Crippen MR) is 133 cm³/mol. The molecule has 0 saturated heterocycles. The fraction of sp³-hybridized carbons (Fsp3) is 0.185. The summed E-state index contributed by atoms with van der Waals surface area (Å²) in [5.41, 5.74) is 5.43. The van der Waals surface area contributed by atoms with Crippen LogP contribution in [-0.4, -0.2) is 33.0 Å². The third-order valence-corrected chi connectivity index (χ3v) is 5.73. The van der Waals surface area contributed by atoms with Crippen molar-refractivity contribution < 1.29 is 14.3 Å². The van der Waals surface area contributed by atoms with Gasteiger partial charge in [-0.1, -0.05) is 35.9 Å². The van der Waals surface area contributed by atoms with Gasteiger partial charge in [0.15, 0.2) is 0 Å². The van der Waals surface area contributed by atoms with Crippen molar-refractivity contribution in [2.45, 2.75) is 13.8 Å². The molecule has 1 heterocycles. The number of aryl methyl sites for hydroxylation is 2. The number of nitrogens with one attached hydrogen (secondary N) is 1. The Morgan fingerprint density at radius 2 is 1.58 bits per heavy atom. The van der Waals surface area contributed by atoms with Crippen molar-refractivity contribution >= 4 is 34.4 Å². The molecule has 0 saturated carbocycles. The van der Waals surface area contributed by atoms with E-state index in [1.54, 1.807) is 25.3 Å². The molecule has 0 aliphatic carbocycles. The van der Waals surface area contributed by atoms with Crippen LogP contribution in [-0.2, 0) is 9.59 Å². The van der Waals surface area contributed by atoms with Crippen molar-refractivity contribution in [1.29, 1.82) is 0 Å². The average Bonchev–Trinajstić information content (AvgIpc) is 3.03. The number of imide groups is 1. The quantitative estimate of drug-likeness (QED) is 0.558. The van der Waals surface area contributed by atoms with Crippen LogP contribution in [0.4, 0.5) is 17.1 Å². The summed E-state index contributed by atoms with van der Waals surface area (Å²) in [6, 6.07) is 20.5. The number of nitrogens with zero attached hydrogens (tertiary/aromatic N) is 2. The molecule has 3 aromatic rings. The molecule has 168 valence electrons. The van der Waals surface area contributed by atoms with Crippen molar-refractivity contribution in [3.63, 3.8) is 0 Å². The van der Waals surface area contributed by atoms with E-state index >= 15 is 0 Å². The number of rotatable bonds is 6. The largest absolute Gasteiger partial charge is 0.495 e. The number of anilines is 3. The molecule has 0 unspecified atom stereocenters. The molecule has 0 aromatic heterocycles. The number of benzene rings is 3. The second-order valence-electron chi connectivity index (χ2n) is 8.25. The van der Waals surface area contributed by atoms with Crippen molar-refractivity contribution in [3.05, 3.63) is 89.1 Å². The summed E-state index contributed by atoms with van der Waals surface area (Å²) in [5.74, 6) is -0.181. The van der Waals surface area contributed by atoms with E-state index in [1.165, 1.54) is 4.90 Å². The molecule has 0 spiro atoms. The number of amides is 2. The van der Waals surface area contributed by atoms with Gasteiger partial charge in [0.05, 0.1) is 24.1 Å². The average molecular weight is 442 g/mol. The maximum atomic E-state index is 13.7. The van der Waals surface area contributed by atoms with Crippen molar-refractivity contribution in [2.24, 2.45) is 0 Å². The fourth-order valence-electron chi connectivity index (χ4n) is 4.01. The summed E-state index contributed by atoms with van der Waals surface area (Å²) in [6.07, 6.45) is 0. The number of carbonyl (C=O) groups is 2. The molecular weight excluding hydrogens is 414 g/mol. The molecule has 6 heteroatoms. The summed E-state index contributed by atoms with van der Waals surface area (Å²) in [7, 11) is 5.45. The highest BCUT2D eigenvalue weighted by Crippen LogP contribution is 2.37. The van der Waals surface area contributed by atoms with Gasteiger partial charge in [0.2, 0.25) is 0 Å². The number of hydrogen-bond donors (Lipinski definition) is 1. The van der Waals surface area contributed by atoms with Gasteiger partial charge >= 0.3 is 0 Å². The highest BCUT2D eigenvalue weighted by atomic mass is 16.5. The molecule has 6 nitrogen and oxygen atoms in total. The number of methoxy groups -OCH3 is 1. The Morgan fingerprint density at radius 3 is 2.21 bits per heavy atom. The molecule has 1 aliphatic rings. The second-order valence-corrected chi connectivity index (χ2v) is 8.25. The number of ether oxygens (including phenoxy) is 1. The van der Waals surface area contributed by atoms with Gasteiger partial charge in [0, 0.05) is 19.8 Å². The molecule has 1 N–H and O–H groups in total. The normalized spacial score (nSPS) is 13.5. The van der Waals surface area contributed by atoms with Gasteiger partial charge in [-0.15, -0.1) is 0 Å². The maximum Gasteiger partial charge on any atom is 0.282 e. The highest BCUT2D eigenvalue weighted by Gasteiger charge is 2.41. The van der Waals surface area contributed by atoms with E-state index in [1.807, 2.05) is 81.4 Å². The van der Waals surface area contributed by atoms with Crippen LogP contribution in [0.15, 0.2) is 72.4 Å². The lowest BCUT2D eigenvalue weighted by molar-refractivity contribution is -0.120. The minimum absolute atomic E-state index is 0.230. The lowest BCUT2D eigenvalue weighted by Gasteiger charge is -2.18. The first kappa shape index (κ1) is 22.1. The molecule has 0 fully saturated rings. The minimum atomic E-state index is -0.404. The van der Waals surface area contributed by atoms with E-state index in [-0.39, 0.29) is 11.6 Å². The van der Waals surface area contributed by atoms with Crippen LogP contribution in [0, 0.1) is 13.8 Å². The van der Waals surface area contributed by atoms with E-state index < -0.39 is 5.91 Å². The van der Waals surface area contributed by atoms with Gasteiger partial charge in [-0.3, -0.25) is 9.59 Å². The van der Waals surface area contributed by atoms with E-state index in [9.17, 15) is 9.59 Å². The molecule has 0 radical (unpaired) electrons. The summed E-state index contributed by atoms with van der Waals surface area (Å²) in [5, 5.41) is 3.19. The van der Waals surface area contributed by atoms with Crippen LogP contribution in [0.2, 0.25) is 0 Å². The van der Waals surface area contributed by atoms with Gasteiger partial charge in [-0.25, -0.2) is 4.90 Å². The summed E-state index contributed by atoms with van der Waals surface area (Å²) < 4.78 is 5.45. The third-order valence-electron chi connectivity index (χ3n) is 5.73. The molecule has 1 aliphatic heterocycles. The van der Waals surface area contributed by atoms with Crippen LogP contribution in [0.3, 0.4) is 0 Å². The number of para-hydroxylation sites is 2. The maximum absolute atomic E-state index is 13.7. The second kappa shape index (κ2) is 8.82. The topological polar surface area (TPSA) is 61.9 Å². The zero-order valence-electron chi connectivity index (χ0n) is 19.5. The fourth-order valence-corrected chi connectivity index (χ4v) is 4.01. The van der Waals surface area contributed by atoms with E-state index in [0.717, 1.165) is 22.4 Å². The third kappa shape index (κ3) is 4.07. The lowest BCUT2D eigenvalue weighted by Crippen LogP contribution is -2.32.